The van der Waals surface area contributed by atoms with E-state index in [0.717, 1.165) is 26.1 Å². The lowest BCUT2D eigenvalue weighted by Gasteiger charge is -2.15. The van der Waals surface area contributed by atoms with E-state index in [0.29, 0.717) is 24.9 Å². The molecule has 0 aromatic carbocycles. The topological polar surface area (TPSA) is 55.6 Å². The summed E-state index contributed by atoms with van der Waals surface area (Å²) in [5, 5.41) is 0. The minimum atomic E-state index is 0.211. The van der Waals surface area contributed by atoms with E-state index >= 15 is 0 Å². The third-order valence-electron chi connectivity index (χ3n) is 3.18. The van der Waals surface area contributed by atoms with Gasteiger partial charge < -0.3 is 15.4 Å². The van der Waals surface area contributed by atoms with E-state index in [1.807, 2.05) is 4.90 Å². The van der Waals surface area contributed by atoms with Crippen LogP contribution in [0.3, 0.4) is 0 Å². The summed E-state index contributed by atoms with van der Waals surface area (Å²) < 4.78 is 4.91. The summed E-state index contributed by atoms with van der Waals surface area (Å²) in [6, 6.07) is 0. The highest BCUT2D eigenvalue weighted by Gasteiger charge is 2.31. The van der Waals surface area contributed by atoms with Crippen LogP contribution in [0.5, 0.6) is 0 Å². The number of likely N-dealkylation sites (tertiary alicyclic amines) is 1. The van der Waals surface area contributed by atoms with Gasteiger partial charge in [0.05, 0.1) is 13.0 Å². The Kier molecular flexibility index (Phi) is 5.05. The maximum Gasteiger partial charge on any atom is 0.224 e. The van der Waals surface area contributed by atoms with E-state index in [1.165, 1.54) is 0 Å². The van der Waals surface area contributed by atoms with E-state index in [9.17, 15) is 4.79 Å². The third kappa shape index (κ3) is 3.47. The second-order valence-electron chi connectivity index (χ2n) is 4.36. The number of carbonyl (C=O) groups is 1. The van der Waals surface area contributed by atoms with Gasteiger partial charge in [-0.25, -0.2) is 0 Å². The van der Waals surface area contributed by atoms with E-state index in [2.05, 4.69) is 6.92 Å². The average molecular weight is 214 g/mol. The zero-order valence-corrected chi connectivity index (χ0v) is 9.74. The van der Waals surface area contributed by atoms with Gasteiger partial charge in [0.15, 0.2) is 0 Å². The van der Waals surface area contributed by atoms with Gasteiger partial charge >= 0.3 is 0 Å². The van der Waals surface area contributed by atoms with Gasteiger partial charge in [0, 0.05) is 20.2 Å². The number of carbonyl (C=O) groups excluding carboxylic acids is 1. The predicted molar refractivity (Wildman–Crippen MR) is 59.4 cm³/mol. The molecular formula is C11H22N2O2. The van der Waals surface area contributed by atoms with Crippen molar-refractivity contribution in [2.45, 2.75) is 19.8 Å². The van der Waals surface area contributed by atoms with Crippen molar-refractivity contribution in [2.75, 3.05) is 33.4 Å². The fourth-order valence-corrected chi connectivity index (χ4v) is 2.18. The normalized spacial score (nSPS) is 25.9. The molecule has 0 spiro atoms. The Morgan fingerprint density at radius 1 is 1.53 bits per heavy atom. The summed E-state index contributed by atoms with van der Waals surface area (Å²) in [4.78, 5) is 13.7. The summed E-state index contributed by atoms with van der Waals surface area (Å²) in [5.41, 5.74) is 5.55. The van der Waals surface area contributed by atoms with Gasteiger partial charge in [-0.2, -0.15) is 0 Å². The summed E-state index contributed by atoms with van der Waals surface area (Å²) in [5.74, 6) is 1.38. The van der Waals surface area contributed by atoms with E-state index in [-0.39, 0.29) is 5.91 Å². The number of hydrogen-bond acceptors (Lipinski definition) is 3. The average Bonchev–Trinajstić information content (AvgIpc) is 2.58. The molecule has 0 bridgehead atoms. The second-order valence-corrected chi connectivity index (χ2v) is 4.36. The summed E-state index contributed by atoms with van der Waals surface area (Å²) in [6.45, 7) is 5.19. The Hall–Kier alpha value is -0.610. The molecule has 15 heavy (non-hydrogen) atoms. The lowest BCUT2D eigenvalue weighted by molar-refractivity contribution is -0.131. The lowest BCUT2D eigenvalue weighted by Crippen LogP contribution is -2.29. The molecule has 1 amide bonds. The third-order valence-corrected chi connectivity index (χ3v) is 3.18. The number of nitrogens with zero attached hydrogens (tertiary/aromatic N) is 1. The number of ether oxygens (including phenoxy) is 1. The van der Waals surface area contributed by atoms with Crippen LogP contribution in [0.1, 0.15) is 19.8 Å². The van der Waals surface area contributed by atoms with Crippen LogP contribution in [-0.2, 0) is 9.53 Å². The number of rotatable bonds is 5. The Labute approximate surface area is 91.8 Å². The highest BCUT2D eigenvalue weighted by molar-refractivity contribution is 5.76. The van der Waals surface area contributed by atoms with Gasteiger partial charge in [0.2, 0.25) is 5.91 Å². The van der Waals surface area contributed by atoms with Crippen LogP contribution in [0.2, 0.25) is 0 Å². The van der Waals surface area contributed by atoms with Gasteiger partial charge in [-0.1, -0.05) is 6.92 Å². The maximum absolute atomic E-state index is 11.7. The Morgan fingerprint density at radius 3 is 2.87 bits per heavy atom. The number of nitrogens with two attached hydrogens (primary N) is 1. The van der Waals surface area contributed by atoms with Crippen molar-refractivity contribution in [2.24, 2.45) is 17.6 Å². The number of methoxy groups -OCH3 is 1. The molecule has 2 atom stereocenters. The maximum atomic E-state index is 11.7. The van der Waals surface area contributed by atoms with Crippen molar-refractivity contribution in [3.63, 3.8) is 0 Å². The van der Waals surface area contributed by atoms with E-state index in [1.54, 1.807) is 7.11 Å². The van der Waals surface area contributed by atoms with Gasteiger partial charge in [0.1, 0.15) is 0 Å². The molecule has 0 saturated carbocycles. The molecule has 1 aliphatic rings. The molecule has 4 heteroatoms. The van der Waals surface area contributed by atoms with Crippen molar-refractivity contribution in [1.29, 1.82) is 0 Å². The summed E-state index contributed by atoms with van der Waals surface area (Å²) in [7, 11) is 1.62. The summed E-state index contributed by atoms with van der Waals surface area (Å²) in [6.07, 6.45) is 1.52. The smallest absolute Gasteiger partial charge is 0.224 e. The van der Waals surface area contributed by atoms with Gasteiger partial charge in [0.25, 0.3) is 0 Å². The minimum Gasteiger partial charge on any atom is -0.384 e. The van der Waals surface area contributed by atoms with Crippen LogP contribution in [0, 0.1) is 11.8 Å². The molecule has 1 fully saturated rings. The largest absolute Gasteiger partial charge is 0.384 e. The predicted octanol–water partition coefficient (Wildman–Crippen LogP) is 0.466. The van der Waals surface area contributed by atoms with Crippen molar-refractivity contribution in [1.82, 2.24) is 4.90 Å². The minimum absolute atomic E-state index is 0.211. The molecule has 1 heterocycles. The first-order chi connectivity index (χ1) is 7.19. The van der Waals surface area contributed by atoms with Gasteiger partial charge in [-0.05, 0) is 24.8 Å². The van der Waals surface area contributed by atoms with Crippen molar-refractivity contribution < 1.29 is 9.53 Å². The molecule has 2 N–H and O–H groups in total. The zero-order chi connectivity index (χ0) is 11.3. The first kappa shape index (κ1) is 12.5. The van der Waals surface area contributed by atoms with Crippen LogP contribution >= 0.6 is 0 Å². The quantitative estimate of drug-likeness (QED) is 0.723. The summed E-state index contributed by atoms with van der Waals surface area (Å²) >= 11 is 0. The Bertz CT molecular complexity index is 209. The van der Waals surface area contributed by atoms with Crippen LogP contribution in [0.25, 0.3) is 0 Å². The van der Waals surface area contributed by atoms with E-state index in [4.69, 9.17) is 10.5 Å². The number of hydrogen-bond donors (Lipinski definition) is 1. The SMILES string of the molecule is COCCC(=O)N1C[C@@H](CCN)[C@H](C)C1. The molecule has 1 saturated heterocycles. The number of amides is 1. The molecule has 0 radical (unpaired) electrons. The molecule has 0 aromatic rings. The zero-order valence-electron chi connectivity index (χ0n) is 9.74. The Balaban J connectivity index is 2.36. The molecular weight excluding hydrogens is 192 g/mol. The van der Waals surface area contributed by atoms with Crippen molar-refractivity contribution >= 4 is 5.91 Å². The fraction of sp³-hybridized carbons (Fsp3) is 0.909. The van der Waals surface area contributed by atoms with Crippen LogP contribution < -0.4 is 5.73 Å². The molecule has 88 valence electrons. The molecule has 1 rings (SSSR count). The Morgan fingerprint density at radius 2 is 2.27 bits per heavy atom. The highest BCUT2D eigenvalue weighted by Crippen LogP contribution is 2.25. The first-order valence-corrected chi connectivity index (χ1v) is 5.65. The van der Waals surface area contributed by atoms with Crippen molar-refractivity contribution in [3.05, 3.63) is 0 Å². The lowest BCUT2D eigenvalue weighted by atomic mass is 9.95. The van der Waals surface area contributed by atoms with Gasteiger partial charge in [-0.15, -0.1) is 0 Å². The van der Waals surface area contributed by atoms with Crippen LogP contribution in [0.15, 0.2) is 0 Å². The monoisotopic (exact) mass is 214 g/mol. The standard InChI is InChI=1S/C11H22N2O2/c1-9-7-13(8-10(9)3-5-12)11(14)4-6-15-2/h9-10H,3-8,12H2,1-2H3/t9-,10-/m1/s1. The highest BCUT2D eigenvalue weighted by atomic mass is 16.5. The second kappa shape index (κ2) is 6.08. The first-order valence-electron chi connectivity index (χ1n) is 5.65. The van der Waals surface area contributed by atoms with Gasteiger partial charge in [-0.3, -0.25) is 4.79 Å². The van der Waals surface area contributed by atoms with Crippen molar-refractivity contribution in [3.8, 4) is 0 Å². The van der Waals surface area contributed by atoms with Crippen LogP contribution in [-0.4, -0.2) is 44.2 Å². The van der Waals surface area contributed by atoms with Crippen LogP contribution in [0.4, 0.5) is 0 Å². The molecule has 4 nitrogen and oxygen atoms in total. The molecule has 0 unspecified atom stereocenters. The fourth-order valence-electron chi connectivity index (χ4n) is 2.18. The molecule has 0 aliphatic carbocycles. The molecule has 1 aliphatic heterocycles. The molecule has 0 aromatic heterocycles. The van der Waals surface area contributed by atoms with E-state index < -0.39 is 0 Å².